The predicted octanol–water partition coefficient (Wildman–Crippen LogP) is 6.62. The van der Waals surface area contributed by atoms with Crippen LogP contribution in [0.25, 0.3) is 0 Å². The highest BCUT2D eigenvalue weighted by Crippen LogP contribution is 2.61. The third kappa shape index (κ3) is 5.33. The molecule has 2 aliphatic carbocycles. The number of Topliss-reactive ketones (excluding diaryl/α,β-unsaturated/α-hetero) is 1. The smallest absolute Gasteiger partial charge is 0.338 e. The number of benzene rings is 4. The molecule has 2 amide bonds. The standard InChI is InChI=1S/C38H33NO6/c1-23(35(40)26-15-17-30(18-16-26)44-22-24-9-4-2-5-10-24)45-38(43)27-13-8-14-29(19-27)39-36(41)33-28-20-31(25-11-6-3-7-12-25)32(21-28)34(33)37(39)42/h2-19,23,28,31-34H,20-22H2,1H3/t23-,28-,31-,32+,33+,34-/m0/s1. The zero-order valence-electron chi connectivity index (χ0n) is 24.9. The van der Waals surface area contributed by atoms with Gasteiger partial charge in [-0.2, -0.15) is 0 Å². The molecule has 0 N–H and O–H groups in total. The van der Waals surface area contributed by atoms with Crippen LogP contribution in [0.2, 0.25) is 0 Å². The van der Waals surface area contributed by atoms with Gasteiger partial charge in [-0.3, -0.25) is 19.3 Å². The highest BCUT2D eigenvalue weighted by molar-refractivity contribution is 6.23. The van der Waals surface area contributed by atoms with Crippen molar-refractivity contribution in [2.45, 2.75) is 38.4 Å². The molecular weight excluding hydrogens is 566 g/mol. The van der Waals surface area contributed by atoms with Crippen molar-refractivity contribution in [3.05, 3.63) is 131 Å². The third-order valence-electron chi connectivity index (χ3n) is 9.62. The molecule has 6 atom stereocenters. The fourth-order valence-corrected chi connectivity index (χ4v) is 7.54. The van der Waals surface area contributed by atoms with Gasteiger partial charge in [0.25, 0.3) is 0 Å². The molecule has 0 aromatic heterocycles. The van der Waals surface area contributed by atoms with Gasteiger partial charge >= 0.3 is 5.97 Å². The molecule has 0 unspecified atom stereocenters. The summed E-state index contributed by atoms with van der Waals surface area (Å²) in [6.07, 6.45) is 0.754. The Morgan fingerprint density at radius 2 is 1.47 bits per heavy atom. The van der Waals surface area contributed by atoms with Gasteiger partial charge in [0, 0.05) is 5.56 Å². The second-order valence-electron chi connectivity index (χ2n) is 12.2. The molecule has 4 aromatic rings. The van der Waals surface area contributed by atoms with E-state index in [2.05, 4.69) is 12.1 Å². The van der Waals surface area contributed by atoms with Crippen LogP contribution in [0.3, 0.4) is 0 Å². The Morgan fingerprint density at radius 3 is 2.20 bits per heavy atom. The lowest BCUT2D eigenvalue weighted by Gasteiger charge is -2.28. The Morgan fingerprint density at radius 1 is 0.778 bits per heavy atom. The van der Waals surface area contributed by atoms with E-state index in [0.29, 0.717) is 23.6 Å². The summed E-state index contributed by atoms with van der Waals surface area (Å²) in [5.41, 5.74) is 3.17. The Kier molecular flexibility index (Phi) is 7.53. The Labute approximate surface area is 261 Å². The number of fused-ring (bicyclic) bond motifs is 5. The van der Waals surface area contributed by atoms with Gasteiger partial charge in [-0.1, -0.05) is 66.7 Å². The second kappa shape index (κ2) is 11.8. The number of esters is 1. The molecule has 0 radical (unpaired) electrons. The third-order valence-corrected chi connectivity index (χ3v) is 9.62. The predicted molar refractivity (Wildman–Crippen MR) is 168 cm³/mol. The summed E-state index contributed by atoms with van der Waals surface area (Å²) in [5.74, 6) is -0.889. The number of rotatable bonds is 9. The van der Waals surface area contributed by atoms with Crippen molar-refractivity contribution in [1.82, 2.24) is 0 Å². The van der Waals surface area contributed by atoms with E-state index in [1.54, 1.807) is 42.5 Å². The van der Waals surface area contributed by atoms with E-state index in [0.717, 1.165) is 18.4 Å². The lowest BCUT2D eigenvalue weighted by molar-refractivity contribution is -0.123. The first-order chi connectivity index (χ1) is 21.9. The first kappa shape index (κ1) is 28.7. The lowest BCUT2D eigenvalue weighted by Crippen LogP contribution is -2.33. The molecule has 45 heavy (non-hydrogen) atoms. The quantitative estimate of drug-likeness (QED) is 0.122. The number of nitrogens with zero attached hydrogens (tertiary/aromatic N) is 1. The minimum absolute atomic E-state index is 0.133. The van der Waals surface area contributed by atoms with Crippen molar-refractivity contribution in [2.75, 3.05) is 4.90 Å². The Hall–Kier alpha value is -5.04. The summed E-state index contributed by atoms with van der Waals surface area (Å²) in [6, 6.07) is 33.1. The van der Waals surface area contributed by atoms with Gasteiger partial charge in [0.05, 0.1) is 23.1 Å². The number of ether oxygens (including phenoxy) is 2. The summed E-state index contributed by atoms with van der Waals surface area (Å²) >= 11 is 0. The molecule has 1 heterocycles. The van der Waals surface area contributed by atoms with Crippen molar-refractivity contribution >= 4 is 29.3 Å². The van der Waals surface area contributed by atoms with E-state index in [4.69, 9.17) is 9.47 Å². The molecule has 7 heteroatoms. The number of hydrogen-bond donors (Lipinski definition) is 0. The average molecular weight is 600 g/mol. The fraction of sp³-hybridized carbons (Fsp3) is 0.263. The van der Waals surface area contributed by atoms with E-state index in [9.17, 15) is 19.2 Å². The van der Waals surface area contributed by atoms with Crippen molar-refractivity contribution in [1.29, 1.82) is 0 Å². The zero-order valence-corrected chi connectivity index (χ0v) is 24.9. The number of imide groups is 1. The molecule has 4 aromatic carbocycles. The minimum Gasteiger partial charge on any atom is -0.489 e. The SMILES string of the molecule is C[C@H](OC(=O)c1cccc(N2C(=O)[C@@H]3[C@@H]4C[C@@H]([C@@H]3C2=O)[C@H](c2ccccc2)C4)c1)C(=O)c1ccc(OCc2ccccc2)cc1. The summed E-state index contributed by atoms with van der Waals surface area (Å²) < 4.78 is 11.3. The number of anilines is 1. The summed E-state index contributed by atoms with van der Waals surface area (Å²) in [5, 5.41) is 0. The Bertz CT molecular complexity index is 1750. The maximum absolute atomic E-state index is 13.7. The van der Waals surface area contributed by atoms with E-state index >= 15 is 0 Å². The maximum Gasteiger partial charge on any atom is 0.338 e. The second-order valence-corrected chi connectivity index (χ2v) is 12.2. The molecule has 7 nitrogen and oxygen atoms in total. The van der Waals surface area contributed by atoms with Crippen LogP contribution < -0.4 is 9.64 Å². The fourth-order valence-electron chi connectivity index (χ4n) is 7.54. The molecule has 226 valence electrons. The minimum atomic E-state index is -1.04. The van der Waals surface area contributed by atoms with Crippen LogP contribution in [0.4, 0.5) is 5.69 Å². The number of carbonyl (C=O) groups excluding carboxylic acids is 4. The zero-order chi connectivity index (χ0) is 31.1. The van der Waals surface area contributed by atoms with Gasteiger partial charge in [0.1, 0.15) is 12.4 Å². The van der Waals surface area contributed by atoms with Crippen LogP contribution in [0.1, 0.15) is 57.5 Å². The molecule has 3 aliphatic rings. The normalized spacial score (nSPS) is 23.9. The first-order valence-corrected chi connectivity index (χ1v) is 15.4. The monoisotopic (exact) mass is 599 g/mol. The highest BCUT2D eigenvalue weighted by atomic mass is 16.5. The molecule has 2 bridgehead atoms. The van der Waals surface area contributed by atoms with Crippen molar-refractivity contribution in [2.24, 2.45) is 23.7 Å². The van der Waals surface area contributed by atoms with E-state index in [1.165, 1.54) is 23.5 Å². The van der Waals surface area contributed by atoms with Gasteiger partial charge in [0.15, 0.2) is 6.10 Å². The molecular formula is C38H33NO6. The van der Waals surface area contributed by atoms with Crippen LogP contribution in [-0.2, 0) is 20.9 Å². The van der Waals surface area contributed by atoms with Crippen molar-refractivity contribution in [3.63, 3.8) is 0 Å². The summed E-state index contributed by atoms with van der Waals surface area (Å²) in [4.78, 5) is 54.8. The highest BCUT2D eigenvalue weighted by Gasteiger charge is 2.64. The molecule has 3 fully saturated rings. The van der Waals surface area contributed by atoms with Gasteiger partial charge in [0.2, 0.25) is 17.6 Å². The van der Waals surface area contributed by atoms with Crippen molar-refractivity contribution < 1.29 is 28.7 Å². The molecule has 0 spiro atoms. The summed E-state index contributed by atoms with van der Waals surface area (Å²) in [7, 11) is 0. The van der Waals surface area contributed by atoms with Gasteiger partial charge in [-0.05, 0) is 91.1 Å². The average Bonchev–Trinajstić information content (AvgIpc) is 3.75. The van der Waals surface area contributed by atoms with Gasteiger partial charge < -0.3 is 9.47 Å². The van der Waals surface area contributed by atoms with E-state index in [1.807, 2.05) is 48.5 Å². The maximum atomic E-state index is 13.7. The largest absolute Gasteiger partial charge is 0.489 e. The first-order valence-electron chi connectivity index (χ1n) is 15.4. The van der Waals surface area contributed by atoms with E-state index in [-0.39, 0.29) is 52.8 Å². The van der Waals surface area contributed by atoms with Crippen LogP contribution in [0, 0.1) is 23.7 Å². The van der Waals surface area contributed by atoms with E-state index < -0.39 is 12.1 Å². The molecule has 2 saturated carbocycles. The van der Waals surface area contributed by atoms with Gasteiger partial charge in [-0.25, -0.2) is 4.79 Å². The molecule has 7 rings (SSSR count). The molecule has 1 saturated heterocycles. The lowest BCUT2D eigenvalue weighted by atomic mass is 9.73. The molecule has 1 aliphatic heterocycles. The topological polar surface area (TPSA) is 90.0 Å². The summed E-state index contributed by atoms with van der Waals surface area (Å²) in [6.45, 7) is 1.93. The van der Waals surface area contributed by atoms with Crippen LogP contribution in [-0.4, -0.2) is 29.7 Å². The van der Waals surface area contributed by atoms with Crippen LogP contribution in [0.5, 0.6) is 5.75 Å². The van der Waals surface area contributed by atoms with Crippen molar-refractivity contribution in [3.8, 4) is 5.75 Å². The van der Waals surface area contributed by atoms with Crippen LogP contribution >= 0.6 is 0 Å². The number of carbonyl (C=O) groups is 4. The van der Waals surface area contributed by atoms with Crippen LogP contribution in [0.15, 0.2) is 109 Å². The number of hydrogen-bond acceptors (Lipinski definition) is 6. The Balaban J connectivity index is 1.00. The number of ketones is 1. The number of amides is 2. The van der Waals surface area contributed by atoms with Gasteiger partial charge in [-0.15, -0.1) is 0 Å².